The van der Waals surface area contributed by atoms with Crippen LogP contribution in [0, 0.1) is 44.8 Å². The third kappa shape index (κ3) is 5.73. The summed E-state index contributed by atoms with van der Waals surface area (Å²) in [6, 6.07) is 0. The second-order valence-electron chi connectivity index (χ2n) is 19.2. The minimum Gasteiger partial charge on any atom is -0.481 e. The van der Waals surface area contributed by atoms with Crippen LogP contribution >= 0.6 is 0 Å². The van der Waals surface area contributed by atoms with Gasteiger partial charge in [-0.1, -0.05) is 27.7 Å². The lowest BCUT2D eigenvalue weighted by Crippen LogP contribution is -2.65. The van der Waals surface area contributed by atoms with Crippen molar-refractivity contribution in [1.29, 1.82) is 0 Å². The molecule has 0 unspecified atom stereocenters. The standard InChI is InChI=1S/C38H62O15/c1-33(2)22(53-31-27(47)24(44)18(41)15-50-31)6-9-38-16-37(38)11-10-34(3)29(36(5,49)8-7-23(42)43)17(40)13-35(34,4)21(37)12-19(30(33)38)51-32-28(48)26(46)25(45)20(14-39)52-32/h17-22,24-32,39-41,44-49H,6-16H2,1-5H3,(H,42,43)/t17-,18+,19-,20+,21-,22-,24-,25+,26-,27+,28+,29-,30-,31-,32+,34+,35-,36+,37-,38+/m0/s1. The predicted octanol–water partition coefficient (Wildman–Crippen LogP) is -0.369. The zero-order valence-electron chi connectivity index (χ0n) is 31.5. The summed E-state index contributed by atoms with van der Waals surface area (Å²) in [4.78, 5) is 11.6. The maximum absolute atomic E-state index is 11.9. The van der Waals surface area contributed by atoms with Crippen LogP contribution in [-0.2, 0) is 23.7 Å². The Morgan fingerprint density at radius 1 is 0.830 bits per heavy atom. The van der Waals surface area contributed by atoms with E-state index < -0.39 is 114 Å². The zero-order valence-corrected chi connectivity index (χ0v) is 31.5. The fourth-order valence-electron chi connectivity index (χ4n) is 13.8. The summed E-state index contributed by atoms with van der Waals surface area (Å²) in [5.41, 5.74) is -3.61. The van der Waals surface area contributed by atoms with Crippen molar-refractivity contribution in [3.05, 3.63) is 0 Å². The lowest BCUT2D eigenvalue weighted by Gasteiger charge is -2.65. The number of carboxylic acid groups (broad SMARTS) is 1. The molecule has 2 saturated heterocycles. The molecule has 2 spiro atoms. The Morgan fingerprint density at radius 2 is 1.51 bits per heavy atom. The van der Waals surface area contributed by atoms with E-state index in [1.165, 1.54) is 0 Å². The number of aliphatic hydroxyl groups excluding tert-OH is 8. The van der Waals surface area contributed by atoms with E-state index in [1.54, 1.807) is 6.92 Å². The van der Waals surface area contributed by atoms with Crippen molar-refractivity contribution in [2.45, 2.75) is 172 Å². The second kappa shape index (κ2) is 13.2. The van der Waals surface area contributed by atoms with E-state index in [9.17, 15) is 55.9 Å². The van der Waals surface area contributed by atoms with Gasteiger partial charge in [0.05, 0.1) is 37.1 Å². The van der Waals surface area contributed by atoms with Gasteiger partial charge in [0.15, 0.2) is 12.6 Å². The third-order valence-corrected chi connectivity index (χ3v) is 16.4. The van der Waals surface area contributed by atoms with Gasteiger partial charge in [-0.25, -0.2) is 0 Å². The Bertz CT molecular complexity index is 1390. The molecule has 0 aromatic carbocycles. The van der Waals surface area contributed by atoms with E-state index in [2.05, 4.69) is 27.7 Å². The SMILES string of the molecule is CC1(C)[C@@H](O[C@@H]2OC[C@@H](O)[C@H](O)[C@H]2O)CC[C@]23C[C@]24CC[C@]2(C)[C@@H]([C@](C)(O)CCC(=O)O)[C@@H](O)C[C@@]2(C)[C@@H]4C[C@H](O[C@@H]2O[C@H](CO)[C@@H](O)[C@H](O)[C@H]2O)[C@@H]13. The molecule has 304 valence electrons. The van der Waals surface area contributed by atoms with E-state index in [0.29, 0.717) is 19.3 Å². The van der Waals surface area contributed by atoms with E-state index in [1.807, 2.05) is 0 Å². The number of carbonyl (C=O) groups is 1. The van der Waals surface area contributed by atoms with Gasteiger partial charge in [-0.2, -0.15) is 0 Å². The van der Waals surface area contributed by atoms with Gasteiger partial charge in [0.25, 0.3) is 0 Å². The number of hydrogen-bond acceptors (Lipinski definition) is 14. The van der Waals surface area contributed by atoms with Crippen LogP contribution in [0.1, 0.15) is 92.4 Å². The highest BCUT2D eigenvalue weighted by Gasteiger charge is 2.85. The molecule has 10 N–H and O–H groups in total. The molecule has 5 saturated carbocycles. The van der Waals surface area contributed by atoms with Crippen LogP contribution in [0.2, 0.25) is 0 Å². The minimum absolute atomic E-state index is 0.00533. The highest BCUT2D eigenvalue weighted by atomic mass is 16.7. The van der Waals surface area contributed by atoms with Crippen molar-refractivity contribution >= 4 is 5.97 Å². The molecular weight excluding hydrogens is 696 g/mol. The first kappa shape index (κ1) is 40.2. The van der Waals surface area contributed by atoms with Crippen LogP contribution in [0.25, 0.3) is 0 Å². The van der Waals surface area contributed by atoms with Gasteiger partial charge in [-0.3, -0.25) is 4.79 Å². The van der Waals surface area contributed by atoms with Crippen molar-refractivity contribution in [1.82, 2.24) is 0 Å². The van der Waals surface area contributed by atoms with E-state index >= 15 is 0 Å². The highest BCUT2D eigenvalue weighted by Crippen LogP contribution is 2.89. The topological polar surface area (TPSA) is 256 Å². The molecule has 20 atom stereocenters. The monoisotopic (exact) mass is 758 g/mol. The average Bonchev–Trinajstić information content (AvgIpc) is 3.67. The first-order valence-electron chi connectivity index (χ1n) is 19.5. The van der Waals surface area contributed by atoms with Crippen LogP contribution in [0.15, 0.2) is 0 Å². The molecule has 7 rings (SSSR count). The maximum atomic E-state index is 11.9. The van der Waals surface area contributed by atoms with Crippen molar-refractivity contribution in [2.75, 3.05) is 13.2 Å². The first-order valence-corrected chi connectivity index (χ1v) is 19.5. The molecule has 7 fully saturated rings. The molecule has 2 aliphatic heterocycles. The maximum Gasteiger partial charge on any atom is 0.303 e. The van der Waals surface area contributed by atoms with Gasteiger partial charge in [-0.05, 0) is 97.2 Å². The molecule has 53 heavy (non-hydrogen) atoms. The van der Waals surface area contributed by atoms with Crippen molar-refractivity contribution < 1.29 is 74.8 Å². The Morgan fingerprint density at radius 3 is 2.17 bits per heavy atom. The number of aliphatic carboxylic acids is 1. The summed E-state index contributed by atoms with van der Waals surface area (Å²) in [6.45, 7) is 9.28. The van der Waals surface area contributed by atoms with Gasteiger partial charge >= 0.3 is 5.97 Å². The summed E-state index contributed by atoms with van der Waals surface area (Å²) in [6.07, 6.45) is -10.3. The molecular formula is C38H62O15. The molecule has 2 heterocycles. The average molecular weight is 759 g/mol. The third-order valence-electron chi connectivity index (χ3n) is 16.4. The van der Waals surface area contributed by atoms with Gasteiger partial charge in [0.2, 0.25) is 0 Å². The minimum atomic E-state index is -1.64. The van der Waals surface area contributed by atoms with Gasteiger partial charge in [-0.15, -0.1) is 0 Å². The summed E-state index contributed by atoms with van der Waals surface area (Å²) in [5.74, 6) is -1.84. The van der Waals surface area contributed by atoms with E-state index in [0.717, 1.165) is 25.7 Å². The van der Waals surface area contributed by atoms with E-state index in [4.69, 9.17) is 18.9 Å². The van der Waals surface area contributed by atoms with Gasteiger partial charge in [0, 0.05) is 12.3 Å². The molecule has 5 aliphatic carbocycles. The zero-order chi connectivity index (χ0) is 38.8. The van der Waals surface area contributed by atoms with Gasteiger partial charge in [0.1, 0.15) is 42.7 Å². The molecule has 0 aromatic rings. The van der Waals surface area contributed by atoms with E-state index in [-0.39, 0.29) is 42.1 Å². The largest absolute Gasteiger partial charge is 0.481 e. The van der Waals surface area contributed by atoms with Gasteiger partial charge < -0.3 is 70.0 Å². The molecule has 0 amide bonds. The lowest BCUT2D eigenvalue weighted by molar-refractivity contribution is -0.339. The number of ether oxygens (including phenoxy) is 4. The fraction of sp³-hybridized carbons (Fsp3) is 0.974. The predicted molar refractivity (Wildman–Crippen MR) is 182 cm³/mol. The first-order chi connectivity index (χ1) is 24.6. The van der Waals surface area contributed by atoms with Crippen molar-refractivity contribution in [3.63, 3.8) is 0 Å². The molecule has 15 nitrogen and oxygen atoms in total. The van der Waals surface area contributed by atoms with Crippen LogP contribution < -0.4 is 0 Å². The van der Waals surface area contributed by atoms with Crippen molar-refractivity contribution in [2.24, 2.45) is 44.8 Å². The Kier molecular flexibility index (Phi) is 10.0. The second-order valence-corrected chi connectivity index (χ2v) is 19.2. The molecule has 0 radical (unpaired) electrons. The fourth-order valence-corrected chi connectivity index (χ4v) is 13.8. The summed E-state index contributed by atoms with van der Waals surface area (Å²) in [7, 11) is 0. The number of aliphatic hydroxyl groups is 9. The number of hydrogen-bond donors (Lipinski definition) is 10. The summed E-state index contributed by atoms with van der Waals surface area (Å²) >= 11 is 0. The number of carboxylic acids is 1. The van der Waals surface area contributed by atoms with Crippen molar-refractivity contribution in [3.8, 4) is 0 Å². The summed E-state index contributed by atoms with van der Waals surface area (Å²) in [5, 5.41) is 107. The van der Waals surface area contributed by atoms with Crippen LogP contribution in [-0.4, -0.2) is 149 Å². The Hall–Kier alpha value is -1.05. The molecule has 15 heteroatoms. The normalized spacial score (nSPS) is 55.5. The number of fused-ring (bicyclic) bond motifs is 2. The quantitative estimate of drug-likeness (QED) is 0.135. The molecule has 7 aliphatic rings. The Labute approximate surface area is 310 Å². The molecule has 0 aromatic heterocycles. The Balaban J connectivity index is 1.25. The van der Waals surface area contributed by atoms with Crippen LogP contribution in [0.5, 0.6) is 0 Å². The lowest BCUT2D eigenvalue weighted by atomic mass is 9.41. The smallest absolute Gasteiger partial charge is 0.303 e. The highest BCUT2D eigenvalue weighted by molar-refractivity contribution is 5.66. The van der Waals surface area contributed by atoms with Crippen LogP contribution in [0.3, 0.4) is 0 Å². The molecule has 0 bridgehead atoms. The van der Waals surface area contributed by atoms with Crippen LogP contribution in [0.4, 0.5) is 0 Å². The summed E-state index contributed by atoms with van der Waals surface area (Å²) < 4.78 is 24.9. The number of rotatable bonds is 9.